The second-order valence-corrected chi connectivity index (χ2v) is 2.70. The van der Waals surface area contributed by atoms with Crippen LogP contribution in [0.15, 0.2) is 0 Å². The molecule has 4 heteroatoms. The van der Waals surface area contributed by atoms with Gasteiger partial charge >= 0.3 is 0 Å². The largest absolute Gasteiger partial charge is 0.394 e. The lowest BCUT2D eigenvalue weighted by Gasteiger charge is -2.17. The van der Waals surface area contributed by atoms with Gasteiger partial charge in [0.05, 0.1) is 25.7 Å². The van der Waals surface area contributed by atoms with Crippen LogP contribution in [0, 0.1) is 0 Å². The van der Waals surface area contributed by atoms with E-state index >= 15 is 0 Å². The average molecular weight is 159 g/mol. The zero-order valence-electron chi connectivity index (χ0n) is 6.62. The lowest BCUT2D eigenvalue weighted by atomic mass is 10.3. The molecule has 1 saturated heterocycles. The zero-order chi connectivity index (χ0) is 8.27. The maximum atomic E-state index is 11.0. The Hall–Kier alpha value is -0.610. The quantitative estimate of drug-likeness (QED) is 0.546. The molecule has 0 aliphatic carbocycles. The molecular formula is C7H13NO3. The van der Waals surface area contributed by atoms with Gasteiger partial charge in [-0.2, -0.15) is 0 Å². The van der Waals surface area contributed by atoms with Crippen LogP contribution in [0.1, 0.15) is 6.42 Å². The van der Waals surface area contributed by atoms with E-state index in [0.29, 0.717) is 19.6 Å². The maximum absolute atomic E-state index is 11.0. The normalized spacial score (nSPS) is 26.9. The number of amides is 1. The van der Waals surface area contributed by atoms with E-state index in [1.807, 2.05) is 0 Å². The van der Waals surface area contributed by atoms with Gasteiger partial charge in [0.2, 0.25) is 5.91 Å². The number of aliphatic hydroxyl groups excluding tert-OH is 1. The molecule has 1 heterocycles. The first-order chi connectivity index (χ1) is 5.24. The third-order valence-corrected chi connectivity index (χ3v) is 1.78. The topological polar surface area (TPSA) is 49.8 Å². The van der Waals surface area contributed by atoms with Gasteiger partial charge in [0, 0.05) is 13.6 Å². The summed E-state index contributed by atoms with van der Waals surface area (Å²) in [6, 6.07) is 0. The van der Waals surface area contributed by atoms with Crippen LogP contribution in [0.25, 0.3) is 0 Å². The number of likely N-dealkylation sites (N-methyl/N-ethyl adjacent to an activating group) is 1. The fourth-order valence-corrected chi connectivity index (χ4v) is 1.07. The number of carbonyl (C=O) groups is 1. The molecule has 1 amide bonds. The lowest BCUT2D eigenvalue weighted by Crippen LogP contribution is -2.33. The summed E-state index contributed by atoms with van der Waals surface area (Å²) in [5.41, 5.74) is 0. The fourth-order valence-electron chi connectivity index (χ4n) is 1.07. The molecule has 0 spiro atoms. The standard InChI is InChI=1S/C7H13NO3/c1-8-4-6(5-9)11-3-2-7(8)10/h6,9H,2-5H2,1H3. The molecule has 0 aromatic carbocycles. The molecule has 0 radical (unpaired) electrons. The number of nitrogens with zero attached hydrogens (tertiary/aromatic N) is 1. The van der Waals surface area contributed by atoms with Crippen molar-refractivity contribution in [3.63, 3.8) is 0 Å². The number of hydrogen-bond acceptors (Lipinski definition) is 3. The van der Waals surface area contributed by atoms with Gasteiger partial charge in [-0.05, 0) is 0 Å². The minimum Gasteiger partial charge on any atom is -0.394 e. The number of hydrogen-bond donors (Lipinski definition) is 1. The van der Waals surface area contributed by atoms with Crippen molar-refractivity contribution in [2.45, 2.75) is 12.5 Å². The Morgan fingerprint density at radius 3 is 3.18 bits per heavy atom. The fraction of sp³-hybridized carbons (Fsp3) is 0.857. The van der Waals surface area contributed by atoms with Gasteiger partial charge in [-0.25, -0.2) is 0 Å². The highest BCUT2D eigenvalue weighted by atomic mass is 16.5. The lowest BCUT2D eigenvalue weighted by molar-refractivity contribution is -0.129. The molecule has 1 atom stereocenters. The Morgan fingerprint density at radius 2 is 2.55 bits per heavy atom. The summed E-state index contributed by atoms with van der Waals surface area (Å²) < 4.78 is 5.18. The van der Waals surface area contributed by atoms with Gasteiger partial charge in [-0.3, -0.25) is 4.79 Å². The highest BCUT2D eigenvalue weighted by Gasteiger charge is 2.19. The number of rotatable bonds is 1. The molecular weight excluding hydrogens is 146 g/mol. The van der Waals surface area contributed by atoms with Crippen molar-refractivity contribution in [1.29, 1.82) is 0 Å². The molecule has 1 fully saturated rings. The summed E-state index contributed by atoms with van der Waals surface area (Å²) in [5.74, 6) is 0.0842. The van der Waals surface area contributed by atoms with E-state index in [1.54, 1.807) is 11.9 Å². The van der Waals surface area contributed by atoms with E-state index in [-0.39, 0.29) is 18.6 Å². The Labute approximate surface area is 65.8 Å². The zero-order valence-corrected chi connectivity index (χ0v) is 6.62. The summed E-state index contributed by atoms with van der Waals surface area (Å²) in [6.45, 7) is 0.904. The molecule has 0 aromatic heterocycles. The molecule has 1 rings (SSSR count). The Balaban J connectivity index is 2.48. The highest BCUT2D eigenvalue weighted by Crippen LogP contribution is 2.03. The smallest absolute Gasteiger partial charge is 0.224 e. The van der Waals surface area contributed by atoms with Crippen molar-refractivity contribution in [2.75, 3.05) is 26.8 Å². The van der Waals surface area contributed by atoms with Crippen LogP contribution in [-0.4, -0.2) is 48.8 Å². The van der Waals surface area contributed by atoms with Crippen molar-refractivity contribution in [1.82, 2.24) is 4.90 Å². The Morgan fingerprint density at radius 1 is 1.82 bits per heavy atom. The molecule has 0 saturated carbocycles. The van der Waals surface area contributed by atoms with Crippen molar-refractivity contribution < 1.29 is 14.6 Å². The Bertz CT molecular complexity index is 149. The van der Waals surface area contributed by atoms with E-state index in [4.69, 9.17) is 9.84 Å². The van der Waals surface area contributed by atoms with Crippen molar-refractivity contribution >= 4 is 5.91 Å². The van der Waals surface area contributed by atoms with Crippen molar-refractivity contribution in [2.24, 2.45) is 0 Å². The van der Waals surface area contributed by atoms with Crippen LogP contribution in [0.2, 0.25) is 0 Å². The van der Waals surface area contributed by atoms with E-state index < -0.39 is 0 Å². The second-order valence-electron chi connectivity index (χ2n) is 2.70. The van der Waals surface area contributed by atoms with Gasteiger partial charge in [0.1, 0.15) is 0 Å². The van der Waals surface area contributed by atoms with Crippen LogP contribution < -0.4 is 0 Å². The van der Waals surface area contributed by atoms with Gasteiger partial charge in [-0.15, -0.1) is 0 Å². The van der Waals surface area contributed by atoms with Gasteiger partial charge in [0.25, 0.3) is 0 Å². The van der Waals surface area contributed by atoms with Crippen LogP contribution in [0.5, 0.6) is 0 Å². The third kappa shape index (κ3) is 2.17. The van der Waals surface area contributed by atoms with Crippen LogP contribution in [-0.2, 0) is 9.53 Å². The van der Waals surface area contributed by atoms with Crippen LogP contribution >= 0.6 is 0 Å². The third-order valence-electron chi connectivity index (χ3n) is 1.78. The first-order valence-electron chi connectivity index (χ1n) is 3.70. The monoisotopic (exact) mass is 159 g/mol. The number of carbonyl (C=O) groups excluding carboxylic acids is 1. The number of ether oxygens (including phenoxy) is 1. The predicted molar refractivity (Wildman–Crippen MR) is 39.1 cm³/mol. The molecule has 11 heavy (non-hydrogen) atoms. The minimum atomic E-state index is -0.202. The molecule has 1 aliphatic heterocycles. The molecule has 1 unspecified atom stereocenters. The van der Waals surface area contributed by atoms with E-state index in [9.17, 15) is 4.79 Å². The summed E-state index contributed by atoms with van der Waals surface area (Å²) >= 11 is 0. The maximum Gasteiger partial charge on any atom is 0.224 e. The van der Waals surface area contributed by atoms with Crippen molar-refractivity contribution in [3.05, 3.63) is 0 Å². The SMILES string of the molecule is CN1CC(CO)OCCC1=O. The molecule has 4 nitrogen and oxygen atoms in total. The summed E-state index contributed by atoms with van der Waals surface area (Å²) in [4.78, 5) is 12.6. The molecule has 1 N–H and O–H groups in total. The first-order valence-corrected chi connectivity index (χ1v) is 3.70. The minimum absolute atomic E-state index is 0.0162. The van der Waals surface area contributed by atoms with Crippen LogP contribution in [0.4, 0.5) is 0 Å². The number of aliphatic hydroxyl groups is 1. The molecule has 64 valence electrons. The summed E-state index contributed by atoms with van der Waals surface area (Å²) in [7, 11) is 1.72. The van der Waals surface area contributed by atoms with E-state index in [1.165, 1.54) is 0 Å². The highest BCUT2D eigenvalue weighted by molar-refractivity contribution is 5.76. The van der Waals surface area contributed by atoms with Gasteiger partial charge in [-0.1, -0.05) is 0 Å². The average Bonchev–Trinajstić information content (AvgIpc) is 2.15. The van der Waals surface area contributed by atoms with E-state index in [0.717, 1.165) is 0 Å². The second kappa shape index (κ2) is 3.69. The summed E-state index contributed by atoms with van der Waals surface area (Å²) in [5, 5.41) is 8.76. The summed E-state index contributed by atoms with van der Waals surface area (Å²) in [6.07, 6.45) is 0.221. The van der Waals surface area contributed by atoms with Gasteiger partial charge in [0.15, 0.2) is 0 Å². The van der Waals surface area contributed by atoms with Crippen LogP contribution in [0.3, 0.4) is 0 Å². The molecule has 1 aliphatic rings. The van der Waals surface area contributed by atoms with Crippen molar-refractivity contribution in [3.8, 4) is 0 Å². The first kappa shape index (κ1) is 8.49. The molecule has 0 aromatic rings. The van der Waals surface area contributed by atoms with Gasteiger partial charge < -0.3 is 14.7 Å². The molecule has 0 bridgehead atoms. The predicted octanol–water partition coefficient (Wildman–Crippen LogP) is -0.774. The van der Waals surface area contributed by atoms with E-state index in [2.05, 4.69) is 0 Å². The Kier molecular flexibility index (Phi) is 2.84.